The predicted octanol–water partition coefficient (Wildman–Crippen LogP) is 3.03. The Kier molecular flexibility index (Phi) is 5.39. The van der Waals surface area contributed by atoms with Crippen LogP contribution in [0, 0.1) is 5.82 Å². The number of aryl methyl sites for hydroxylation is 2. The Balaban J connectivity index is 2.23. The molecule has 1 aromatic carbocycles. The number of hydrogen-bond acceptors (Lipinski definition) is 3. The van der Waals surface area contributed by atoms with Crippen molar-refractivity contribution >= 4 is 23.3 Å². The van der Waals surface area contributed by atoms with Gasteiger partial charge in [0, 0.05) is 25.7 Å². The molecule has 142 valence electrons. The van der Waals surface area contributed by atoms with Gasteiger partial charge in [-0.2, -0.15) is 0 Å². The molecular weight excluding hydrogens is 347 g/mol. The Labute approximate surface area is 156 Å². The molecule has 0 unspecified atom stereocenters. The summed E-state index contributed by atoms with van der Waals surface area (Å²) in [6, 6.07) is 6.42. The van der Waals surface area contributed by atoms with Gasteiger partial charge in [-0.25, -0.2) is 14.2 Å². The maximum Gasteiger partial charge on any atom is 0.332 e. The molecule has 2 aromatic heterocycles. The molecule has 27 heavy (non-hydrogen) atoms. The second-order valence-electron chi connectivity index (χ2n) is 6.45. The second-order valence-corrected chi connectivity index (χ2v) is 6.45. The van der Waals surface area contributed by atoms with Crippen molar-refractivity contribution in [2.24, 2.45) is 7.05 Å². The Morgan fingerprint density at radius 2 is 1.70 bits per heavy atom. The zero-order chi connectivity index (χ0) is 19.6. The lowest BCUT2D eigenvalue weighted by Gasteiger charge is -2.10. The van der Waals surface area contributed by atoms with E-state index in [1.54, 1.807) is 46.5 Å². The van der Waals surface area contributed by atoms with Crippen LogP contribution in [-0.2, 0) is 20.1 Å². The van der Waals surface area contributed by atoms with Crippen molar-refractivity contribution in [3.05, 3.63) is 62.3 Å². The quantitative estimate of drug-likeness (QED) is 0.670. The third-order valence-electron chi connectivity index (χ3n) is 4.49. The van der Waals surface area contributed by atoms with E-state index in [0.717, 1.165) is 6.42 Å². The smallest absolute Gasteiger partial charge is 0.322 e. The van der Waals surface area contributed by atoms with Crippen molar-refractivity contribution < 1.29 is 4.39 Å². The average Bonchev–Trinajstić information content (AvgIpc) is 2.98. The molecule has 0 aliphatic heterocycles. The number of benzene rings is 1. The highest BCUT2D eigenvalue weighted by Crippen LogP contribution is 2.15. The fourth-order valence-electron chi connectivity index (χ4n) is 3.15. The van der Waals surface area contributed by atoms with Crippen LogP contribution in [0.1, 0.15) is 38.1 Å². The summed E-state index contributed by atoms with van der Waals surface area (Å²) in [5.74, 6) is 0.157. The first kappa shape index (κ1) is 18.8. The lowest BCUT2D eigenvalue weighted by Crippen LogP contribution is -2.40. The van der Waals surface area contributed by atoms with E-state index in [1.165, 1.54) is 10.6 Å². The third-order valence-corrected chi connectivity index (χ3v) is 4.49. The molecule has 6 nitrogen and oxygen atoms in total. The van der Waals surface area contributed by atoms with E-state index in [-0.39, 0.29) is 17.1 Å². The predicted molar refractivity (Wildman–Crippen MR) is 105 cm³/mol. The van der Waals surface area contributed by atoms with Crippen LogP contribution in [-0.4, -0.2) is 18.7 Å². The second kappa shape index (κ2) is 7.73. The zero-order valence-corrected chi connectivity index (χ0v) is 15.8. The number of nitrogens with zero attached hydrogens (tertiary/aromatic N) is 4. The largest absolute Gasteiger partial charge is 0.332 e. The highest BCUT2D eigenvalue weighted by molar-refractivity contribution is 5.76. The summed E-state index contributed by atoms with van der Waals surface area (Å²) in [5, 5.41) is 0. The van der Waals surface area contributed by atoms with Crippen LogP contribution in [0.25, 0.3) is 23.3 Å². The molecule has 3 aromatic rings. The van der Waals surface area contributed by atoms with E-state index in [2.05, 4.69) is 4.98 Å². The SMILES string of the molecule is CCCn1c(=O)c2c(nc(/C=C/c3ccccc3F)n2C)n(CCC)c1=O. The van der Waals surface area contributed by atoms with Gasteiger partial charge in [0.25, 0.3) is 5.56 Å². The molecule has 0 bridgehead atoms. The Bertz CT molecular complexity index is 1120. The Morgan fingerprint density at radius 1 is 1.04 bits per heavy atom. The summed E-state index contributed by atoms with van der Waals surface area (Å²) in [4.78, 5) is 30.1. The summed E-state index contributed by atoms with van der Waals surface area (Å²) < 4.78 is 18.3. The van der Waals surface area contributed by atoms with E-state index in [0.29, 0.717) is 42.1 Å². The Hall–Kier alpha value is -2.96. The molecule has 0 aliphatic rings. The number of imidazole rings is 1. The van der Waals surface area contributed by atoms with Crippen molar-refractivity contribution in [2.45, 2.75) is 39.8 Å². The van der Waals surface area contributed by atoms with Crippen LogP contribution in [0.15, 0.2) is 33.9 Å². The van der Waals surface area contributed by atoms with Crippen LogP contribution in [0.2, 0.25) is 0 Å². The summed E-state index contributed by atoms with van der Waals surface area (Å²) in [6.07, 6.45) is 4.70. The van der Waals surface area contributed by atoms with Crippen molar-refractivity contribution in [3.63, 3.8) is 0 Å². The van der Waals surface area contributed by atoms with E-state index < -0.39 is 0 Å². The maximum atomic E-state index is 13.8. The molecule has 0 N–H and O–H groups in total. The van der Waals surface area contributed by atoms with Gasteiger partial charge in [-0.3, -0.25) is 13.9 Å². The van der Waals surface area contributed by atoms with Gasteiger partial charge in [0.15, 0.2) is 11.2 Å². The van der Waals surface area contributed by atoms with Gasteiger partial charge in [0.2, 0.25) is 0 Å². The molecule has 3 rings (SSSR count). The summed E-state index contributed by atoms with van der Waals surface area (Å²) in [7, 11) is 1.73. The van der Waals surface area contributed by atoms with Gasteiger partial charge in [0.05, 0.1) is 0 Å². The first-order chi connectivity index (χ1) is 13.0. The fourth-order valence-corrected chi connectivity index (χ4v) is 3.15. The van der Waals surface area contributed by atoms with Gasteiger partial charge in [-0.1, -0.05) is 32.0 Å². The molecule has 0 saturated carbocycles. The minimum absolute atomic E-state index is 0.333. The van der Waals surface area contributed by atoms with Crippen molar-refractivity contribution in [1.29, 1.82) is 0 Å². The van der Waals surface area contributed by atoms with Gasteiger partial charge in [-0.05, 0) is 31.1 Å². The lowest BCUT2D eigenvalue weighted by atomic mass is 10.2. The molecule has 0 saturated heterocycles. The van der Waals surface area contributed by atoms with E-state index in [1.807, 2.05) is 13.8 Å². The van der Waals surface area contributed by atoms with E-state index >= 15 is 0 Å². The monoisotopic (exact) mass is 370 g/mol. The maximum absolute atomic E-state index is 13.8. The first-order valence-electron chi connectivity index (χ1n) is 9.12. The van der Waals surface area contributed by atoms with Gasteiger partial charge >= 0.3 is 5.69 Å². The van der Waals surface area contributed by atoms with Gasteiger partial charge in [0.1, 0.15) is 11.6 Å². The molecule has 7 heteroatoms. The lowest BCUT2D eigenvalue weighted by molar-refractivity contribution is 0.554. The van der Waals surface area contributed by atoms with Crippen LogP contribution >= 0.6 is 0 Å². The number of rotatable bonds is 6. The molecule has 2 heterocycles. The Morgan fingerprint density at radius 3 is 2.37 bits per heavy atom. The van der Waals surface area contributed by atoms with Crippen molar-refractivity contribution in [1.82, 2.24) is 18.7 Å². The van der Waals surface area contributed by atoms with Crippen molar-refractivity contribution in [2.75, 3.05) is 0 Å². The number of aromatic nitrogens is 4. The normalized spacial score (nSPS) is 11.7. The van der Waals surface area contributed by atoms with Crippen molar-refractivity contribution in [3.8, 4) is 0 Å². The van der Waals surface area contributed by atoms with Crippen LogP contribution in [0.4, 0.5) is 4.39 Å². The number of halogens is 1. The molecule has 0 aliphatic carbocycles. The van der Waals surface area contributed by atoms with Gasteiger partial charge in [-0.15, -0.1) is 0 Å². The van der Waals surface area contributed by atoms with Crippen LogP contribution in [0.3, 0.4) is 0 Å². The summed E-state index contributed by atoms with van der Waals surface area (Å²) in [6.45, 7) is 4.73. The topological polar surface area (TPSA) is 61.8 Å². The molecule has 0 spiro atoms. The minimum Gasteiger partial charge on any atom is -0.322 e. The van der Waals surface area contributed by atoms with Gasteiger partial charge < -0.3 is 4.57 Å². The van der Waals surface area contributed by atoms with E-state index in [4.69, 9.17) is 0 Å². The summed E-state index contributed by atoms with van der Waals surface area (Å²) in [5.41, 5.74) is 0.502. The fraction of sp³-hybridized carbons (Fsp3) is 0.350. The minimum atomic E-state index is -0.343. The molecule has 0 amide bonds. The average molecular weight is 370 g/mol. The molecule has 0 radical (unpaired) electrons. The highest BCUT2D eigenvalue weighted by atomic mass is 19.1. The zero-order valence-electron chi connectivity index (χ0n) is 15.8. The number of fused-ring (bicyclic) bond motifs is 1. The number of hydrogen-bond donors (Lipinski definition) is 0. The van der Waals surface area contributed by atoms with Crippen LogP contribution in [0.5, 0.6) is 0 Å². The molecule has 0 atom stereocenters. The molecular formula is C20H23FN4O2. The van der Waals surface area contributed by atoms with E-state index in [9.17, 15) is 14.0 Å². The highest BCUT2D eigenvalue weighted by Gasteiger charge is 2.18. The first-order valence-corrected chi connectivity index (χ1v) is 9.12. The molecule has 0 fully saturated rings. The van der Waals surface area contributed by atoms with Crippen LogP contribution < -0.4 is 11.2 Å². The third kappa shape index (κ3) is 3.37. The summed E-state index contributed by atoms with van der Waals surface area (Å²) >= 11 is 0. The standard InChI is InChI=1S/C20H23FN4O2/c1-4-12-24-18-17(19(26)25(13-5-2)20(24)27)23(3)16(22-18)11-10-14-8-6-7-9-15(14)21/h6-11H,4-5,12-13H2,1-3H3/b11-10+.